The van der Waals surface area contributed by atoms with E-state index in [4.69, 9.17) is 4.74 Å². The highest BCUT2D eigenvalue weighted by molar-refractivity contribution is 7.81. The monoisotopic (exact) mass is 344 g/mol. The molecular formula is C15H21FN2O4S. The molecule has 23 heavy (non-hydrogen) atoms. The molecule has 0 aliphatic carbocycles. The number of rotatable bonds is 7. The van der Waals surface area contributed by atoms with Crippen LogP contribution in [0.2, 0.25) is 0 Å². The van der Waals surface area contributed by atoms with Crippen LogP contribution in [-0.4, -0.2) is 46.7 Å². The molecular weight excluding hydrogens is 323 g/mol. The highest BCUT2D eigenvalue weighted by Gasteiger charge is 2.33. The molecule has 1 heterocycles. The highest BCUT2D eigenvalue weighted by Crippen LogP contribution is 2.23. The molecule has 3 amide bonds. The Hall–Kier alpha value is -1.83. The molecule has 128 valence electrons. The number of hydrogen-bond acceptors (Lipinski definition) is 5. The highest BCUT2D eigenvalue weighted by atomic mass is 32.1. The van der Waals surface area contributed by atoms with E-state index in [0.29, 0.717) is 24.8 Å². The summed E-state index contributed by atoms with van der Waals surface area (Å²) in [5, 5.41) is -0.963. The number of carbonyl (C=O) groups excluding carboxylic acids is 3. The first kappa shape index (κ1) is 19.2. The number of carbonyl (C=O) groups is 3. The van der Waals surface area contributed by atoms with E-state index < -0.39 is 29.1 Å². The van der Waals surface area contributed by atoms with Gasteiger partial charge in [-0.15, -0.1) is 12.6 Å². The molecule has 1 atom stereocenters. The van der Waals surface area contributed by atoms with Gasteiger partial charge in [0, 0.05) is 19.0 Å². The van der Waals surface area contributed by atoms with Crippen LogP contribution in [0.4, 0.5) is 9.18 Å². The largest absolute Gasteiger partial charge is 0.462 e. The number of amides is 3. The molecule has 8 heteroatoms. The minimum absolute atomic E-state index is 0.106. The molecule has 0 saturated carbocycles. The van der Waals surface area contributed by atoms with Gasteiger partial charge in [-0.05, 0) is 26.2 Å². The van der Waals surface area contributed by atoms with Crippen molar-refractivity contribution in [3.8, 4) is 0 Å². The molecule has 1 unspecified atom stereocenters. The van der Waals surface area contributed by atoms with Crippen molar-refractivity contribution in [3.05, 3.63) is 24.2 Å². The van der Waals surface area contributed by atoms with Gasteiger partial charge in [-0.1, -0.05) is 6.58 Å². The Bertz CT molecular complexity index is 536. The standard InChI is InChI=1S/C15H21FN2O4S/c1-10(2)14(20)22-8-6-4-5-7-12(19)18-9-11(16)13(23)17(3)15(18)21/h9,13,23H,1,4-8H2,2-3H3. The Morgan fingerprint density at radius 3 is 2.65 bits per heavy atom. The fourth-order valence-electron chi connectivity index (χ4n) is 1.85. The summed E-state index contributed by atoms with van der Waals surface area (Å²) in [5.41, 5.74) is 0.337. The van der Waals surface area contributed by atoms with E-state index in [2.05, 4.69) is 19.2 Å². The lowest BCUT2D eigenvalue weighted by Crippen LogP contribution is -2.48. The molecule has 0 N–H and O–H groups in total. The second kappa shape index (κ2) is 8.71. The predicted molar refractivity (Wildman–Crippen MR) is 86.2 cm³/mol. The quantitative estimate of drug-likeness (QED) is 0.334. The fraction of sp³-hybridized carbons (Fsp3) is 0.533. The lowest BCUT2D eigenvalue weighted by atomic mass is 10.2. The van der Waals surface area contributed by atoms with Gasteiger partial charge in [-0.2, -0.15) is 0 Å². The van der Waals surface area contributed by atoms with Crippen LogP contribution in [-0.2, 0) is 14.3 Å². The van der Waals surface area contributed by atoms with Crippen LogP contribution in [0.1, 0.15) is 32.6 Å². The number of halogens is 1. The van der Waals surface area contributed by atoms with E-state index in [-0.39, 0.29) is 13.0 Å². The molecule has 1 aliphatic rings. The number of nitrogens with zero attached hydrogens (tertiary/aromatic N) is 2. The summed E-state index contributed by atoms with van der Waals surface area (Å²) < 4.78 is 18.5. The van der Waals surface area contributed by atoms with E-state index >= 15 is 0 Å². The zero-order valence-electron chi connectivity index (χ0n) is 13.2. The number of likely N-dealkylation sites (N-methyl/N-ethyl adjacent to an activating group) is 1. The first-order chi connectivity index (χ1) is 10.8. The summed E-state index contributed by atoms with van der Waals surface area (Å²) in [6.07, 6.45) is 2.75. The van der Waals surface area contributed by atoms with Gasteiger partial charge in [0.2, 0.25) is 5.91 Å². The second-order valence-corrected chi connectivity index (χ2v) is 5.76. The number of unbranched alkanes of at least 4 members (excludes halogenated alkanes) is 2. The van der Waals surface area contributed by atoms with Crippen LogP contribution in [0.25, 0.3) is 0 Å². The van der Waals surface area contributed by atoms with Crippen molar-refractivity contribution in [3.63, 3.8) is 0 Å². The minimum atomic E-state index is -0.963. The van der Waals surface area contributed by atoms with E-state index in [1.165, 1.54) is 7.05 Å². The Labute approximate surface area is 140 Å². The van der Waals surface area contributed by atoms with Crippen LogP contribution < -0.4 is 0 Å². The molecule has 0 aromatic rings. The number of hydrogen-bond donors (Lipinski definition) is 1. The predicted octanol–water partition coefficient (Wildman–Crippen LogP) is 2.63. The molecule has 0 saturated heterocycles. The molecule has 0 aromatic heterocycles. The van der Waals surface area contributed by atoms with Gasteiger partial charge >= 0.3 is 12.0 Å². The molecule has 0 spiro atoms. The smallest absolute Gasteiger partial charge is 0.333 e. The van der Waals surface area contributed by atoms with Gasteiger partial charge in [-0.3, -0.25) is 4.79 Å². The maximum atomic E-state index is 13.6. The zero-order valence-corrected chi connectivity index (χ0v) is 14.1. The van der Waals surface area contributed by atoms with Gasteiger partial charge in [0.05, 0.1) is 12.8 Å². The van der Waals surface area contributed by atoms with E-state index in [1.54, 1.807) is 6.92 Å². The maximum absolute atomic E-state index is 13.6. The third-order valence-electron chi connectivity index (χ3n) is 3.26. The summed E-state index contributed by atoms with van der Waals surface area (Å²) >= 11 is 3.94. The van der Waals surface area contributed by atoms with Crippen molar-refractivity contribution in [1.29, 1.82) is 0 Å². The summed E-state index contributed by atoms with van der Waals surface area (Å²) in [4.78, 5) is 36.8. The van der Waals surface area contributed by atoms with Crippen LogP contribution in [0.15, 0.2) is 24.2 Å². The lowest BCUT2D eigenvalue weighted by molar-refractivity contribution is -0.139. The van der Waals surface area contributed by atoms with Crippen LogP contribution in [0.5, 0.6) is 0 Å². The van der Waals surface area contributed by atoms with Crippen molar-refractivity contribution in [2.24, 2.45) is 0 Å². The number of ether oxygens (including phenoxy) is 1. The third kappa shape index (κ3) is 5.38. The topological polar surface area (TPSA) is 66.9 Å². The van der Waals surface area contributed by atoms with E-state index in [9.17, 15) is 18.8 Å². The van der Waals surface area contributed by atoms with Gasteiger partial charge in [0.25, 0.3) is 0 Å². The minimum Gasteiger partial charge on any atom is -0.462 e. The van der Waals surface area contributed by atoms with Crippen molar-refractivity contribution >= 4 is 30.5 Å². The van der Waals surface area contributed by atoms with Crippen molar-refractivity contribution in [2.45, 2.75) is 38.0 Å². The first-order valence-electron chi connectivity index (χ1n) is 7.22. The van der Waals surface area contributed by atoms with Crippen LogP contribution >= 0.6 is 12.6 Å². The molecule has 0 aromatic carbocycles. The molecule has 0 bridgehead atoms. The summed E-state index contributed by atoms with van der Waals surface area (Å²) in [6, 6.07) is -0.605. The van der Waals surface area contributed by atoms with E-state index in [0.717, 1.165) is 16.0 Å². The SMILES string of the molecule is C=C(C)C(=O)OCCCCCC(=O)N1C=C(F)C(S)N(C)C1=O. The Balaban J connectivity index is 2.33. The normalized spacial score (nSPS) is 17.8. The van der Waals surface area contributed by atoms with E-state index in [1.807, 2.05) is 0 Å². The fourth-order valence-corrected chi connectivity index (χ4v) is 2.01. The maximum Gasteiger partial charge on any atom is 0.333 e. The van der Waals surface area contributed by atoms with Crippen LogP contribution in [0.3, 0.4) is 0 Å². The molecule has 0 radical (unpaired) electrons. The Kier molecular flexibility index (Phi) is 7.28. The molecule has 0 fully saturated rings. The van der Waals surface area contributed by atoms with Gasteiger partial charge in [0.15, 0.2) is 0 Å². The van der Waals surface area contributed by atoms with Crippen molar-refractivity contribution in [2.75, 3.05) is 13.7 Å². The average Bonchev–Trinajstić information content (AvgIpc) is 2.51. The molecule has 1 rings (SSSR count). The number of imide groups is 1. The average molecular weight is 344 g/mol. The van der Waals surface area contributed by atoms with Gasteiger partial charge < -0.3 is 9.64 Å². The number of esters is 1. The van der Waals surface area contributed by atoms with Gasteiger partial charge in [-0.25, -0.2) is 18.9 Å². The van der Waals surface area contributed by atoms with Crippen molar-refractivity contribution < 1.29 is 23.5 Å². The molecule has 1 aliphatic heterocycles. The first-order valence-corrected chi connectivity index (χ1v) is 7.74. The third-order valence-corrected chi connectivity index (χ3v) is 3.85. The lowest BCUT2D eigenvalue weighted by Gasteiger charge is -2.32. The Morgan fingerprint density at radius 1 is 1.39 bits per heavy atom. The summed E-state index contributed by atoms with van der Waals surface area (Å²) in [6.45, 7) is 5.28. The zero-order chi connectivity index (χ0) is 17.6. The van der Waals surface area contributed by atoms with Gasteiger partial charge in [0.1, 0.15) is 11.2 Å². The van der Waals surface area contributed by atoms with Crippen LogP contribution in [0, 0.1) is 0 Å². The Morgan fingerprint density at radius 2 is 2.04 bits per heavy atom. The summed E-state index contributed by atoms with van der Waals surface area (Å²) in [5.74, 6) is -1.57. The number of urea groups is 1. The summed E-state index contributed by atoms with van der Waals surface area (Å²) in [7, 11) is 1.38. The van der Waals surface area contributed by atoms with Crippen molar-refractivity contribution in [1.82, 2.24) is 9.80 Å². The number of thiol groups is 1. The molecule has 6 nitrogen and oxygen atoms in total. The second-order valence-electron chi connectivity index (χ2n) is 5.27.